The molecule has 14 heteroatoms. The quantitative estimate of drug-likeness (QED) is 0.284. The summed E-state index contributed by atoms with van der Waals surface area (Å²) in [6.45, 7) is 6.99. The number of ketones is 1. The highest BCUT2D eigenvalue weighted by atomic mass is 32.2. The first-order valence-corrected chi connectivity index (χ1v) is 16.2. The second-order valence-electron chi connectivity index (χ2n) is 11.7. The molecule has 4 N–H and O–H groups in total. The predicted octanol–water partition coefficient (Wildman–Crippen LogP) is 3.08. The van der Waals surface area contributed by atoms with E-state index < -0.39 is 63.2 Å². The normalized spacial score (nSPS) is 25.5. The number of rotatable bonds is 5. The molecule has 12 nitrogen and oxygen atoms in total. The van der Waals surface area contributed by atoms with Crippen LogP contribution in [0.25, 0.3) is 0 Å². The SMILES string of the molecule is CC1=CC=C2C(C)(C)C(=O)C(NS(=O)(=O)c3ccccc3)=CC23Oc2c(cc(OP(=O)(O)O)c4c2C(=O)NC4=O)CC13C. The molecule has 1 spiro atoms. The molecule has 2 heterocycles. The third-order valence-electron chi connectivity index (χ3n) is 8.75. The summed E-state index contributed by atoms with van der Waals surface area (Å²) in [5.74, 6) is -2.81. The van der Waals surface area contributed by atoms with E-state index in [1.807, 2.05) is 19.9 Å². The number of fused-ring (bicyclic) bond motifs is 3. The van der Waals surface area contributed by atoms with Gasteiger partial charge in [0.2, 0.25) is 0 Å². The van der Waals surface area contributed by atoms with Crippen molar-refractivity contribution in [2.75, 3.05) is 0 Å². The molecule has 0 saturated heterocycles. The van der Waals surface area contributed by atoms with Gasteiger partial charge in [0.15, 0.2) is 11.4 Å². The first kappa shape index (κ1) is 29.1. The molecule has 2 amide bonds. The van der Waals surface area contributed by atoms with E-state index in [0.717, 1.165) is 5.57 Å². The molecule has 0 bridgehead atoms. The fraction of sp³-hybridized carbons (Fsp3) is 0.276. The average Bonchev–Trinajstić information content (AvgIpc) is 3.21. The molecule has 6 rings (SSSR count). The molecule has 0 aromatic heterocycles. The number of hydrogen-bond acceptors (Lipinski definition) is 8. The maximum absolute atomic E-state index is 13.9. The maximum atomic E-state index is 13.9. The number of phosphoric ester groups is 1. The number of ether oxygens (including phenoxy) is 1. The van der Waals surface area contributed by atoms with Crippen molar-refractivity contribution in [1.29, 1.82) is 0 Å². The largest absolute Gasteiger partial charge is 0.524 e. The van der Waals surface area contributed by atoms with Crippen LogP contribution < -0.4 is 19.3 Å². The number of phosphoric acid groups is 1. The van der Waals surface area contributed by atoms with Gasteiger partial charge in [-0.25, -0.2) is 13.0 Å². The van der Waals surface area contributed by atoms with Crippen molar-refractivity contribution in [3.8, 4) is 11.5 Å². The van der Waals surface area contributed by atoms with E-state index in [0.29, 0.717) is 11.1 Å². The highest BCUT2D eigenvalue weighted by Gasteiger charge is 2.64. The summed E-state index contributed by atoms with van der Waals surface area (Å²) >= 11 is 0. The van der Waals surface area contributed by atoms with Gasteiger partial charge in [-0.3, -0.25) is 34.2 Å². The number of carbonyl (C=O) groups excluding carboxylic acids is 3. The Balaban J connectivity index is 1.61. The van der Waals surface area contributed by atoms with Crippen LogP contribution in [-0.4, -0.2) is 41.4 Å². The Morgan fingerprint density at radius 1 is 1.02 bits per heavy atom. The van der Waals surface area contributed by atoms with Crippen LogP contribution >= 0.6 is 7.82 Å². The van der Waals surface area contributed by atoms with Gasteiger partial charge in [0.1, 0.15) is 11.5 Å². The van der Waals surface area contributed by atoms with Crippen LogP contribution in [0.3, 0.4) is 0 Å². The van der Waals surface area contributed by atoms with E-state index in [-0.39, 0.29) is 28.3 Å². The molecule has 0 saturated carbocycles. The standard InChI is InChI=1S/C29H27N2O10PS/c1-15-10-11-20-27(2,3)24(32)18(31-43(38,39)17-8-6-5-7-9-17)14-29(20)28(15,4)13-16-12-19(41-42(35,36)37)21-22(23(16)40-29)26(34)30-25(21)33/h5-12,14,31H,13H2,1-4H3,(H,30,33,34)(H2,35,36,37). The summed E-state index contributed by atoms with van der Waals surface area (Å²) in [7, 11) is -9.32. The summed E-state index contributed by atoms with van der Waals surface area (Å²) in [4.78, 5) is 58.7. The summed E-state index contributed by atoms with van der Waals surface area (Å²) in [6.07, 6.45) is 5.11. The van der Waals surface area contributed by atoms with Crippen molar-refractivity contribution in [2.45, 2.75) is 44.6 Å². The van der Waals surface area contributed by atoms with Crippen LogP contribution in [0.1, 0.15) is 54.0 Å². The fourth-order valence-corrected chi connectivity index (χ4v) is 7.92. The molecule has 2 atom stereocenters. The lowest BCUT2D eigenvalue weighted by Gasteiger charge is -2.58. The van der Waals surface area contributed by atoms with E-state index in [1.165, 1.54) is 24.3 Å². The monoisotopic (exact) mass is 626 g/mol. The van der Waals surface area contributed by atoms with Gasteiger partial charge in [-0.1, -0.05) is 42.8 Å². The Hall–Kier alpha value is -4.03. The van der Waals surface area contributed by atoms with Crippen LogP contribution in [0, 0.1) is 10.8 Å². The summed E-state index contributed by atoms with van der Waals surface area (Å²) in [5, 5.41) is 2.12. The highest BCUT2D eigenvalue weighted by molar-refractivity contribution is 7.89. The first-order chi connectivity index (χ1) is 19.9. The topological polar surface area (TPSA) is 185 Å². The minimum absolute atomic E-state index is 0.0406. The van der Waals surface area contributed by atoms with Crippen molar-refractivity contribution in [2.24, 2.45) is 10.8 Å². The molecule has 2 aromatic carbocycles. The third kappa shape index (κ3) is 4.14. The number of imide groups is 1. The summed E-state index contributed by atoms with van der Waals surface area (Å²) < 4.78 is 52.5. The predicted molar refractivity (Wildman–Crippen MR) is 152 cm³/mol. The molecule has 4 aliphatic rings. The van der Waals surface area contributed by atoms with Gasteiger partial charge >= 0.3 is 7.82 Å². The molecule has 2 unspecified atom stereocenters. The van der Waals surface area contributed by atoms with Crippen molar-refractivity contribution in [3.05, 3.63) is 88.2 Å². The zero-order valence-electron chi connectivity index (χ0n) is 23.4. The molecule has 2 aromatic rings. The molecular formula is C29H27N2O10PS. The lowest BCUT2D eigenvalue weighted by Crippen LogP contribution is -2.63. The van der Waals surface area contributed by atoms with Gasteiger partial charge in [0.05, 0.1) is 27.1 Å². The van der Waals surface area contributed by atoms with Gasteiger partial charge in [-0.05, 0) is 62.6 Å². The van der Waals surface area contributed by atoms with E-state index in [1.54, 1.807) is 38.1 Å². The van der Waals surface area contributed by atoms with Crippen LogP contribution in [0.15, 0.2) is 76.4 Å². The minimum Gasteiger partial charge on any atom is -0.477 e. The smallest absolute Gasteiger partial charge is 0.477 e. The number of sulfonamides is 1. The third-order valence-corrected chi connectivity index (χ3v) is 10.6. The highest BCUT2D eigenvalue weighted by Crippen LogP contribution is 2.62. The first-order valence-electron chi connectivity index (χ1n) is 13.2. The van der Waals surface area contributed by atoms with Gasteiger partial charge in [0, 0.05) is 5.41 Å². The van der Waals surface area contributed by atoms with Gasteiger partial charge < -0.3 is 9.26 Å². The van der Waals surface area contributed by atoms with Crippen LogP contribution in [0.4, 0.5) is 0 Å². The number of nitrogens with one attached hydrogen (secondary N) is 2. The second kappa shape index (κ2) is 8.99. The Morgan fingerprint density at radius 2 is 1.67 bits per heavy atom. The van der Waals surface area contributed by atoms with E-state index in [2.05, 4.69) is 10.0 Å². The second-order valence-corrected chi connectivity index (χ2v) is 14.5. The summed E-state index contributed by atoms with van der Waals surface area (Å²) in [5.41, 5.74) is -3.10. The van der Waals surface area contributed by atoms with Gasteiger partial charge in [-0.15, -0.1) is 0 Å². The lowest BCUT2D eigenvalue weighted by molar-refractivity contribution is -0.125. The fourth-order valence-electron chi connectivity index (χ4n) is 6.44. The van der Waals surface area contributed by atoms with Gasteiger partial charge in [0.25, 0.3) is 21.8 Å². The van der Waals surface area contributed by atoms with Crippen molar-refractivity contribution in [3.63, 3.8) is 0 Å². The zero-order chi connectivity index (χ0) is 31.3. The zero-order valence-corrected chi connectivity index (χ0v) is 25.1. The number of amides is 2. The molecule has 2 aliphatic heterocycles. The molecule has 0 radical (unpaired) electrons. The Labute approximate surface area is 246 Å². The molecule has 0 fully saturated rings. The molecular weight excluding hydrogens is 599 g/mol. The molecule has 224 valence electrons. The Kier molecular flexibility index (Phi) is 6.08. The molecule has 43 heavy (non-hydrogen) atoms. The number of benzene rings is 2. The average molecular weight is 627 g/mol. The number of carbonyl (C=O) groups is 3. The Bertz CT molecular complexity index is 1920. The number of hydrogen-bond donors (Lipinski definition) is 4. The van der Waals surface area contributed by atoms with E-state index in [9.17, 15) is 37.2 Å². The lowest BCUT2D eigenvalue weighted by atomic mass is 9.52. The van der Waals surface area contributed by atoms with Crippen LogP contribution in [-0.2, 0) is 25.8 Å². The summed E-state index contributed by atoms with van der Waals surface area (Å²) in [6, 6.07) is 8.82. The Morgan fingerprint density at radius 3 is 2.33 bits per heavy atom. The minimum atomic E-state index is -5.13. The number of allylic oxidation sites excluding steroid dienone is 3. The van der Waals surface area contributed by atoms with Gasteiger partial charge in [-0.2, -0.15) is 0 Å². The van der Waals surface area contributed by atoms with Crippen LogP contribution in [0.2, 0.25) is 0 Å². The van der Waals surface area contributed by atoms with Crippen molar-refractivity contribution < 1.29 is 46.4 Å². The number of Topliss-reactive ketones (excluding diaryl/α,β-unsaturated/α-hetero) is 1. The van der Waals surface area contributed by atoms with Crippen molar-refractivity contribution in [1.82, 2.24) is 10.0 Å². The van der Waals surface area contributed by atoms with E-state index >= 15 is 0 Å². The maximum Gasteiger partial charge on any atom is 0.524 e. The van der Waals surface area contributed by atoms with Crippen LogP contribution in [0.5, 0.6) is 11.5 Å². The molecule has 2 aliphatic carbocycles. The van der Waals surface area contributed by atoms with Crippen molar-refractivity contribution >= 4 is 35.4 Å². The van der Waals surface area contributed by atoms with E-state index in [4.69, 9.17) is 9.26 Å².